The summed E-state index contributed by atoms with van der Waals surface area (Å²) < 4.78 is 42.3. The molecule has 2 heterocycles. The summed E-state index contributed by atoms with van der Waals surface area (Å²) in [6.45, 7) is 3.63. The highest BCUT2D eigenvalue weighted by atomic mass is 32.2. The minimum absolute atomic E-state index is 0.0431. The number of alkyl halides is 1. The Balaban J connectivity index is 1.72. The fraction of sp³-hybridized carbons (Fsp3) is 0.500. The molecule has 0 saturated carbocycles. The zero-order valence-corrected chi connectivity index (χ0v) is 16.6. The average molecular weight is 409 g/mol. The van der Waals surface area contributed by atoms with Crippen molar-refractivity contribution in [3.8, 4) is 0 Å². The lowest BCUT2D eigenvalue weighted by molar-refractivity contribution is 0.0938. The first-order chi connectivity index (χ1) is 13.2. The lowest BCUT2D eigenvalue weighted by atomic mass is 10.2. The summed E-state index contributed by atoms with van der Waals surface area (Å²) >= 11 is 0. The van der Waals surface area contributed by atoms with Gasteiger partial charge >= 0.3 is 0 Å². The Morgan fingerprint density at radius 2 is 2.04 bits per heavy atom. The van der Waals surface area contributed by atoms with Gasteiger partial charge < -0.3 is 5.32 Å². The molecule has 1 aromatic heterocycles. The van der Waals surface area contributed by atoms with Gasteiger partial charge in [-0.3, -0.25) is 9.48 Å². The number of carbonyl (C=O) groups is 1. The van der Waals surface area contributed by atoms with Crippen LogP contribution in [0.4, 0.5) is 4.39 Å². The van der Waals surface area contributed by atoms with Crippen LogP contribution in [0.2, 0.25) is 0 Å². The summed E-state index contributed by atoms with van der Waals surface area (Å²) in [5, 5.41) is 10.4. The molecular weight excluding hydrogens is 385 g/mol. The highest BCUT2D eigenvalue weighted by molar-refractivity contribution is 7.88. The standard InChI is InChI=1S/C18H24FN5O3S/c1-13(2)20-18(25)17-11-23(22-21-17)10-16-8-15(19)9-24(16)28(26,27)12-14-6-4-3-5-7-14/h3-7,11,13,15-16H,8-10,12H2,1-2H3,(H,20,25). The Morgan fingerprint density at radius 3 is 2.71 bits per heavy atom. The van der Waals surface area contributed by atoms with Gasteiger partial charge in [0.1, 0.15) is 6.17 Å². The third kappa shape index (κ3) is 4.93. The van der Waals surface area contributed by atoms with Crippen molar-refractivity contribution in [3.05, 3.63) is 47.8 Å². The molecule has 1 amide bonds. The van der Waals surface area contributed by atoms with Gasteiger partial charge in [-0.25, -0.2) is 12.8 Å². The number of hydrogen-bond acceptors (Lipinski definition) is 5. The van der Waals surface area contributed by atoms with Gasteiger partial charge in [-0.05, 0) is 25.8 Å². The van der Waals surface area contributed by atoms with Gasteiger partial charge in [-0.15, -0.1) is 5.10 Å². The molecule has 2 aromatic rings. The van der Waals surface area contributed by atoms with E-state index in [2.05, 4.69) is 15.6 Å². The fourth-order valence-electron chi connectivity index (χ4n) is 3.25. The molecule has 152 valence electrons. The average Bonchev–Trinajstić information content (AvgIpc) is 3.22. The molecule has 3 rings (SSSR count). The summed E-state index contributed by atoms with van der Waals surface area (Å²) in [5.41, 5.74) is 0.791. The molecule has 0 bridgehead atoms. The minimum atomic E-state index is -3.69. The number of carbonyl (C=O) groups excluding carboxylic acids is 1. The maximum atomic E-state index is 14.1. The van der Waals surface area contributed by atoms with E-state index in [1.54, 1.807) is 24.3 Å². The van der Waals surface area contributed by atoms with Crippen LogP contribution in [0.5, 0.6) is 0 Å². The summed E-state index contributed by atoms with van der Waals surface area (Å²) in [6.07, 6.45) is 0.301. The van der Waals surface area contributed by atoms with Crippen molar-refractivity contribution in [2.45, 2.75) is 50.8 Å². The highest BCUT2D eigenvalue weighted by Gasteiger charge is 2.40. The van der Waals surface area contributed by atoms with E-state index in [1.807, 2.05) is 19.9 Å². The van der Waals surface area contributed by atoms with E-state index in [4.69, 9.17) is 0 Å². The van der Waals surface area contributed by atoms with E-state index in [0.29, 0.717) is 5.56 Å². The Hall–Kier alpha value is -2.33. The number of nitrogens with zero attached hydrogens (tertiary/aromatic N) is 4. The molecule has 0 aliphatic carbocycles. The number of benzene rings is 1. The van der Waals surface area contributed by atoms with E-state index in [0.717, 1.165) is 0 Å². The molecule has 2 unspecified atom stereocenters. The number of sulfonamides is 1. The minimum Gasteiger partial charge on any atom is -0.348 e. The van der Waals surface area contributed by atoms with Gasteiger partial charge in [0.05, 0.1) is 18.5 Å². The number of amides is 1. The van der Waals surface area contributed by atoms with Crippen molar-refractivity contribution < 1.29 is 17.6 Å². The SMILES string of the molecule is CC(C)NC(=O)c1cn(CC2CC(F)CN2S(=O)(=O)Cc2ccccc2)nn1. The summed E-state index contributed by atoms with van der Waals surface area (Å²) in [4.78, 5) is 12.0. The van der Waals surface area contributed by atoms with Crippen LogP contribution in [0.3, 0.4) is 0 Å². The summed E-state index contributed by atoms with van der Waals surface area (Å²) in [5.74, 6) is -0.541. The van der Waals surface area contributed by atoms with Crippen LogP contribution in [-0.4, -0.2) is 58.4 Å². The number of rotatable bonds is 7. The van der Waals surface area contributed by atoms with Crippen LogP contribution in [-0.2, 0) is 22.3 Å². The normalized spacial score (nSPS) is 20.6. The van der Waals surface area contributed by atoms with Gasteiger partial charge in [-0.2, -0.15) is 4.31 Å². The van der Waals surface area contributed by atoms with Gasteiger partial charge in [0.25, 0.3) is 5.91 Å². The Morgan fingerprint density at radius 1 is 1.32 bits per heavy atom. The smallest absolute Gasteiger partial charge is 0.273 e. The van der Waals surface area contributed by atoms with Gasteiger partial charge in [0.15, 0.2) is 5.69 Å². The Kier molecular flexibility index (Phi) is 6.09. The van der Waals surface area contributed by atoms with Crippen molar-refractivity contribution >= 4 is 15.9 Å². The number of nitrogens with one attached hydrogen (secondary N) is 1. The summed E-state index contributed by atoms with van der Waals surface area (Å²) in [6, 6.07) is 8.18. The first kappa shape index (κ1) is 20.4. The molecule has 1 aromatic carbocycles. The van der Waals surface area contributed by atoms with E-state index in [1.165, 1.54) is 15.2 Å². The quantitative estimate of drug-likeness (QED) is 0.745. The van der Waals surface area contributed by atoms with Crippen molar-refractivity contribution in [1.82, 2.24) is 24.6 Å². The maximum absolute atomic E-state index is 14.1. The third-order valence-electron chi connectivity index (χ3n) is 4.45. The van der Waals surface area contributed by atoms with E-state index in [9.17, 15) is 17.6 Å². The van der Waals surface area contributed by atoms with Crippen molar-refractivity contribution in [1.29, 1.82) is 0 Å². The molecule has 1 fully saturated rings. The molecule has 28 heavy (non-hydrogen) atoms. The number of halogens is 1. The highest BCUT2D eigenvalue weighted by Crippen LogP contribution is 2.26. The molecule has 8 nitrogen and oxygen atoms in total. The van der Waals surface area contributed by atoms with Crippen LogP contribution < -0.4 is 5.32 Å². The van der Waals surface area contributed by atoms with E-state index in [-0.39, 0.29) is 42.9 Å². The zero-order valence-electron chi connectivity index (χ0n) is 15.8. The van der Waals surface area contributed by atoms with Crippen molar-refractivity contribution in [3.63, 3.8) is 0 Å². The van der Waals surface area contributed by atoms with E-state index >= 15 is 0 Å². The molecule has 1 N–H and O–H groups in total. The van der Waals surface area contributed by atoms with Crippen LogP contribution in [0.15, 0.2) is 36.5 Å². The Bertz CT molecular complexity index is 916. The lowest BCUT2D eigenvalue weighted by Crippen LogP contribution is -2.39. The number of hydrogen-bond donors (Lipinski definition) is 1. The lowest BCUT2D eigenvalue weighted by Gasteiger charge is -2.23. The zero-order chi connectivity index (χ0) is 20.3. The fourth-order valence-corrected chi connectivity index (χ4v) is 5.02. The second kappa shape index (κ2) is 8.36. The predicted molar refractivity (Wildman–Crippen MR) is 102 cm³/mol. The van der Waals surface area contributed by atoms with Gasteiger partial charge in [0.2, 0.25) is 10.0 Å². The molecule has 0 spiro atoms. The second-order valence-corrected chi connectivity index (χ2v) is 9.17. The first-order valence-corrected chi connectivity index (χ1v) is 10.7. The van der Waals surface area contributed by atoms with Gasteiger partial charge in [-0.1, -0.05) is 35.5 Å². The molecule has 10 heteroatoms. The van der Waals surface area contributed by atoms with Gasteiger partial charge in [0, 0.05) is 18.6 Å². The van der Waals surface area contributed by atoms with E-state index < -0.39 is 22.2 Å². The second-order valence-electron chi connectivity index (χ2n) is 7.25. The van der Waals surface area contributed by atoms with Crippen LogP contribution in [0.25, 0.3) is 0 Å². The molecule has 1 aliphatic rings. The molecule has 0 radical (unpaired) electrons. The third-order valence-corrected chi connectivity index (χ3v) is 6.31. The molecular formula is C18H24FN5O3S. The molecule has 2 atom stereocenters. The van der Waals surface area contributed by atoms with Crippen LogP contribution in [0.1, 0.15) is 36.3 Å². The predicted octanol–water partition coefficient (Wildman–Crippen LogP) is 1.36. The molecule has 1 saturated heterocycles. The first-order valence-electron chi connectivity index (χ1n) is 9.13. The molecule has 1 aliphatic heterocycles. The number of aromatic nitrogens is 3. The van der Waals surface area contributed by atoms with Crippen molar-refractivity contribution in [2.24, 2.45) is 0 Å². The van der Waals surface area contributed by atoms with Crippen LogP contribution >= 0.6 is 0 Å². The topological polar surface area (TPSA) is 97.2 Å². The Labute approximate surface area is 163 Å². The monoisotopic (exact) mass is 409 g/mol. The largest absolute Gasteiger partial charge is 0.348 e. The van der Waals surface area contributed by atoms with Crippen LogP contribution in [0, 0.1) is 0 Å². The van der Waals surface area contributed by atoms with Crippen molar-refractivity contribution in [2.75, 3.05) is 6.54 Å². The summed E-state index contributed by atoms with van der Waals surface area (Å²) in [7, 11) is -3.69. The maximum Gasteiger partial charge on any atom is 0.273 e.